The first-order valence-corrected chi connectivity index (χ1v) is 13.9. The predicted octanol–water partition coefficient (Wildman–Crippen LogP) is 3.06. The van der Waals surface area contributed by atoms with Gasteiger partial charge in [-0.3, -0.25) is 13.9 Å². The van der Waals surface area contributed by atoms with Gasteiger partial charge in [-0.15, -0.1) is 0 Å². The van der Waals surface area contributed by atoms with Gasteiger partial charge in [0, 0.05) is 30.0 Å². The molecule has 0 radical (unpaired) electrons. The van der Waals surface area contributed by atoms with Crippen LogP contribution < -0.4 is 20.3 Å². The molecule has 1 aliphatic rings. The minimum absolute atomic E-state index is 0.235. The number of likely N-dealkylation sites (N-methyl/N-ethyl adjacent to an activating group) is 1. The summed E-state index contributed by atoms with van der Waals surface area (Å²) in [4.78, 5) is 27.5. The number of anilines is 3. The van der Waals surface area contributed by atoms with E-state index < -0.39 is 15.9 Å². The summed E-state index contributed by atoms with van der Waals surface area (Å²) in [6.45, 7) is 0.693. The van der Waals surface area contributed by atoms with Crippen LogP contribution in [-0.4, -0.2) is 65.1 Å². The molecule has 3 aromatic rings. The van der Waals surface area contributed by atoms with Gasteiger partial charge in [-0.1, -0.05) is 54.6 Å². The highest BCUT2D eigenvalue weighted by molar-refractivity contribution is 7.92. The lowest BCUT2D eigenvalue weighted by atomic mass is 10.00. The molecule has 4 rings (SSSR count). The van der Waals surface area contributed by atoms with Crippen LogP contribution >= 0.6 is 0 Å². The van der Waals surface area contributed by atoms with Crippen LogP contribution in [0.15, 0.2) is 78.9 Å². The Morgan fingerprint density at radius 3 is 2.37 bits per heavy atom. The summed E-state index contributed by atoms with van der Waals surface area (Å²) in [5.74, 6) is -0.636. The van der Waals surface area contributed by atoms with Gasteiger partial charge in [0.1, 0.15) is 6.54 Å². The second kappa shape index (κ2) is 11.5. The third-order valence-corrected chi connectivity index (χ3v) is 7.10. The Labute approximate surface area is 223 Å². The minimum Gasteiger partial charge on any atom is -0.354 e. The molecule has 0 saturated heterocycles. The molecule has 198 valence electrons. The molecular weight excluding hydrogens is 502 g/mol. The second-order valence-corrected chi connectivity index (χ2v) is 11.1. The molecule has 38 heavy (non-hydrogen) atoms. The van der Waals surface area contributed by atoms with Crippen molar-refractivity contribution in [3.63, 3.8) is 0 Å². The van der Waals surface area contributed by atoms with Crippen molar-refractivity contribution < 1.29 is 18.0 Å². The summed E-state index contributed by atoms with van der Waals surface area (Å²) in [6, 6.07) is 23.7. The van der Waals surface area contributed by atoms with E-state index in [4.69, 9.17) is 0 Å². The van der Waals surface area contributed by atoms with Crippen molar-refractivity contribution in [1.29, 1.82) is 0 Å². The average molecular weight is 534 g/mol. The number of fused-ring (bicyclic) bond motifs is 1. The van der Waals surface area contributed by atoms with E-state index >= 15 is 0 Å². The van der Waals surface area contributed by atoms with Crippen LogP contribution in [0.3, 0.4) is 0 Å². The maximum Gasteiger partial charge on any atom is 0.258 e. The Morgan fingerprint density at radius 1 is 0.947 bits per heavy atom. The number of hydrogen-bond acceptors (Lipinski definition) is 6. The van der Waals surface area contributed by atoms with Crippen molar-refractivity contribution in [1.82, 2.24) is 10.2 Å². The highest BCUT2D eigenvalue weighted by atomic mass is 32.2. The van der Waals surface area contributed by atoms with Crippen LogP contribution in [-0.2, 0) is 19.6 Å². The van der Waals surface area contributed by atoms with E-state index in [2.05, 4.69) is 16.0 Å². The first-order chi connectivity index (χ1) is 18.1. The summed E-state index contributed by atoms with van der Waals surface area (Å²) >= 11 is 0. The van der Waals surface area contributed by atoms with E-state index in [1.54, 1.807) is 24.3 Å². The lowest BCUT2D eigenvalue weighted by Crippen LogP contribution is -2.42. The third-order valence-electron chi connectivity index (χ3n) is 5.96. The van der Waals surface area contributed by atoms with Crippen LogP contribution in [0.25, 0.3) is 11.3 Å². The van der Waals surface area contributed by atoms with Crippen LogP contribution in [0.5, 0.6) is 0 Å². The fourth-order valence-corrected chi connectivity index (χ4v) is 4.99. The van der Waals surface area contributed by atoms with Gasteiger partial charge in [0.25, 0.3) is 5.91 Å². The van der Waals surface area contributed by atoms with Crippen LogP contribution in [0.1, 0.15) is 11.1 Å². The second-order valence-electron chi connectivity index (χ2n) is 9.21. The van der Waals surface area contributed by atoms with Crippen molar-refractivity contribution in [2.45, 2.75) is 0 Å². The number of benzene rings is 3. The molecule has 0 atom stereocenters. The number of carbonyl (C=O) groups is 2. The molecule has 1 heterocycles. The normalized spacial score (nSPS) is 14.1. The van der Waals surface area contributed by atoms with Gasteiger partial charge in [0.15, 0.2) is 0 Å². The molecule has 2 amide bonds. The smallest absolute Gasteiger partial charge is 0.258 e. The Hall–Kier alpha value is -4.15. The number of amides is 2. The maximum atomic E-state index is 13.0. The van der Waals surface area contributed by atoms with Crippen molar-refractivity contribution in [3.8, 4) is 0 Å². The SMILES string of the molecule is CN(C)CCNC(=O)CN(c1cccc(N/C(=C2\C(=O)Nc3ccccc32)c2ccccc2)c1)S(C)(=O)=O. The van der Waals surface area contributed by atoms with E-state index in [-0.39, 0.29) is 12.5 Å². The molecule has 0 spiro atoms. The topological polar surface area (TPSA) is 111 Å². The van der Waals surface area contributed by atoms with Gasteiger partial charge >= 0.3 is 0 Å². The molecule has 0 fully saturated rings. The van der Waals surface area contributed by atoms with Gasteiger partial charge in [-0.2, -0.15) is 0 Å². The van der Waals surface area contributed by atoms with Crippen molar-refractivity contribution in [2.75, 3.05) is 54.9 Å². The lowest BCUT2D eigenvalue weighted by molar-refractivity contribution is -0.119. The van der Waals surface area contributed by atoms with Crippen molar-refractivity contribution in [2.24, 2.45) is 0 Å². The fraction of sp³-hybridized carbons (Fsp3) is 0.214. The molecule has 9 nitrogen and oxygen atoms in total. The number of nitrogens with zero attached hydrogens (tertiary/aromatic N) is 2. The number of carbonyl (C=O) groups excluding carboxylic acids is 2. The molecule has 10 heteroatoms. The number of nitrogens with one attached hydrogen (secondary N) is 3. The number of para-hydroxylation sites is 1. The molecule has 0 aliphatic carbocycles. The molecular formula is C28H31N5O4S. The highest BCUT2D eigenvalue weighted by Gasteiger charge is 2.28. The Morgan fingerprint density at radius 2 is 1.66 bits per heavy atom. The summed E-state index contributed by atoms with van der Waals surface area (Å²) in [5, 5.41) is 9.00. The van der Waals surface area contributed by atoms with Gasteiger partial charge < -0.3 is 20.9 Å². The van der Waals surface area contributed by atoms with Crippen LogP contribution in [0.2, 0.25) is 0 Å². The Kier molecular flexibility index (Phi) is 8.13. The molecule has 0 unspecified atom stereocenters. The van der Waals surface area contributed by atoms with E-state index in [1.807, 2.05) is 73.6 Å². The standard InChI is InChI=1S/C28H31N5O4S/c1-32(2)17-16-29-25(34)19-33(38(3,36)37)22-13-9-12-21(18-22)30-27(20-10-5-4-6-11-20)26-23-14-7-8-15-24(23)31-28(26)35/h4-15,18,30H,16-17,19H2,1-3H3,(H,29,34)(H,31,35)/b27-26-. The molecule has 3 aromatic carbocycles. The predicted molar refractivity (Wildman–Crippen MR) is 152 cm³/mol. The average Bonchev–Trinajstić information content (AvgIpc) is 3.21. The first-order valence-electron chi connectivity index (χ1n) is 12.1. The zero-order chi connectivity index (χ0) is 27.3. The van der Waals surface area contributed by atoms with Gasteiger partial charge in [-0.05, 0) is 43.9 Å². The van der Waals surface area contributed by atoms with Gasteiger partial charge in [0.05, 0.1) is 23.2 Å². The largest absolute Gasteiger partial charge is 0.354 e. The molecule has 3 N–H and O–H groups in total. The summed E-state index contributed by atoms with van der Waals surface area (Å²) < 4.78 is 26.4. The quantitative estimate of drug-likeness (QED) is 0.346. The van der Waals surface area contributed by atoms with Gasteiger partial charge in [-0.25, -0.2) is 8.42 Å². The van der Waals surface area contributed by atoms with E-state index in [9.17, 15) is 18.0 Å². The minimum atomic E-state index is -3.76. The molecule has 0 bridgehead atoms. The Bertz CT molecular complexity index is 1470. The lowest BCUT2D eigenvalue weighted by Gasteiger charge is -2.23. The van der Waals surface area contributed by atoms with Crippen molar-refractivity contribution in [3.05, 3.63) is 90.0 Å². The number of sulfonamides is 1. The third kappa shape index (κ3) is 6.39. The monoisotopic (exact) mass is 533 g/mol. The zero-order valence-electron chi connectivity index (χ0n) is 21.6. The zero-order valence-corrected chi connectivity index (χ0v) is 22.4. The summed E-state index contributed by atoms with van der Waals surface area (Å²) in [5.41, 5.74) is 4.24. The van der Waals surface area contributed by atoms with Crippen LogP contribution in [0, 0.1) is 0 Å². The molecule has 0 aromatic heterocycles. The summed E-state index contributed by atoms with van der Waals surface area (Å²) in [6.07, 6.45) is 1.07. The van der Waals surface area contributed by atoms with E-state index in [0.717, 1.165) is 27.4 Å². The van der Waals surface area contributed by atoms with E-state index in [1.165, 1.54) is 0 Å². The fourth-order valence-electron chi connectivity index (χ4n) is 4.14. The van der Waals surface area contributed by atoms with Crippen molar-refractivity contribution >= 4 is 50.2 Å². The molecule has 0 saturated carbocycles. The first kappa shape index (κ1) is 26.9. The number of rotatable bonds is 10. The molecule has 1 aliphatic heterocycles. The summed E-state index contributed by atoms with van der Waals surface area (Å²) in [7, 11) is 0.0203. The highest BCUT2D eigenvalue weighted by Crippen LogP contribution is 2.37. The van der Waals surface area contributed by atoms with Gasteiger partial charge in [0.2, 0.25) is 15.9 Å². The maximum absolute atomic E-state index is 13.0. The number of hydrogen-bond donors (Lipinski definition) is 3. The Balaban J connectivity index is 1.69. The van der Waals surface area contributed by atoms with E-state index in [0.29, 0.717) is 35.7 Å². The van der Waals surface area contributed by atoms with Crippen LogP contribution in [0.4, 0.5) is 17.1 Å².